The highest BCUT2D eigenvalue weighted by Crippen LogP contribution is 2.54. The van der Waals surface area contributed by atoms with Crippen molar-refractivity contribution in [1.82, 2.24) is 4.57 Å². The van der Waals surface area contributed by atoms with Crippen LogP contribution in [0.4, 0.5) is 11.4 Å². The molecule has 1 aromatic heterocycles. The molecular weight excluding hydrogens is 681 g/mol. The summed E-state index contributed by atoms with van der Waals surface area (Å²) in [7, 11) is 0. The third-order valence-electron chi connectivity index (χ3n) is 7.42. The van der Waals surface area contributed by atoms with E-state index in [1.807, 2.05) is 0 Å². The Morgan fingerprint density at radius 3 is 2.29 bits per heavy atom. The molecule has 3 heterocycles. The number of benzene rings is 3. The van der Waals surface area contributed by atoms with Crippen molar-refractivity contribution in [2.75, 3.05) is 16.8 Å². The van der Waals surface area contributed by atoms with Gasteiger partial charge in [0.05, 0.1) is 38.8 Å². The molecule has 2 aliphatic rings. The molecule has 0 unspecified atom stereocenters. The van der Waals surface area contributed by atoms with Crippen LogP contribution in [0.3, 0.4) is 0 Å². The molecule has 2 aliphatic heterocycles. The van der Waals surface area contributed by atoms with Crippen molar-refractivity contribution in [3.05, 3.63) is 107 Å². The van der Waals surface area contributed by atoms with Crippen LogP contribution in [-0.2, 0) is 25.7 Å². The summed E-state index contributed by atoms with van der Waals surface area (Å²) in [6.07, 6.45) is 0. The van der Waals surface area contributed by atoms with E-state index in [4.69, 9.17) is 39.5 Å². The number of thioether (sulfide) groups is 1. The Morgan fingerprint density at radius 1 is 0.911 bits per heavy atom. The summed E-state index contributed by atoms with van der Waals surface area (Å²) in [5, 5.41) is 3.36. The first kappa shape index (κ1) is 31.4. The normalized spacial score (nSPS) is 18.8. The number of halogens is 3. The van der Waals surface area contributed by atoms with Crippen molar-refractivity contribution in [3.8, 4) is 0 Å². The Labute approximate surface area is 280 Å². The number of hydrogen-bond donors (Lipinski definition) is 1. The summed E-state index contributed by atoms with van der Waals surface area (Å²) in [5.41, 5.74) is 1.70. The number of rotatable bonds is 7. The molecule has 230 valence electrons. The van der Waals surface area contributed by atoms with Crippen molar-refractivity contribution in [2.45, 2.75) is 29.7 Å². The fourth-order valence-corrected chi connectivity index (χ4v) is 8.62. The number of nitrogens with zero attached hydrogens (tertiary/aromatic N) is 2. The second-order valence-corrected chi connectivity index (χ2v) is 13.5. The monoisotopic (exact) mass is 701 g/mol. The first-order valence-corrected chi connectivity index (χ1v) is 16.5. The number of aromatic nitrogens is 1. The van der Waals surface area contributed by atoms with E-state index >= 15 is 0 Å². The molecule has 6 rings (SSSR count). The van der Waals surface area contributed by atoms with Gasteiger partial charge in [-0.2, -0.15) is 0 Å². The Kier molecular flexibility index (Phi) is 8.82. The first-order valence-electron chi connectivity index (χ1n) is 13.6. The molecule has 3 atom stereocenters. The third kappa shape index (κ3) is 5.91. The molecule has 0 aliphatic carbocycles. The standard InChI is InChI=1S/C31H22Cl3N3O6S2/c1-2-43-30(41)16-5-10-19(11-6-16)37-27(39)24-23(15-3-7-17(32)8-4-15)26-29(44-25(24)28(37)40)36(31(42)45-26)14-22(38)35-18-9-12-20(33)21(34)13-18/h3-13,23-25H,2,14H2,1H3,(H,35,38)/t23-,24-,25+/m0/s1. The number of carbonyl (C=O) groups is 4. The zero-order chi connectivity index (χ0) is 32.0. The van der Waals surface area contributed by atoms with Crippen LogP contribution in [0.1, 0.15) is 33.6 Å². The maximum atomic E-state index is 14.1. The third-order valence-corrected chi connectivity index (χ3v) is 11.0. The van der Waals surface area contributed by atoms with Crippen molar-refractivity contribution >= 4 is 93.0 Å². The van der Waals surface area contributed by atoms with Gasteiger partial charge >= 0.3 is 10.8 Å². The minimum atomic E-state index is -0.881. The maximum absolute atomic E-state index is 14.1. The molecule has 9 nitrogen and oxygen atoms in total. The number of nitrogens with one attached hydrogen (secondary N) is 1. The number of amides is 3. The smallest absolute Gasteiger partial charge is 0.338 e. The molecule has 1 fully saturated rings. The van der Waals surface area contributed by atoms with Gasteiger partial charge in [0.15, 0.2) is 0 Å². The minimum absolute atomic E-state index is 0.211. The van der Waals surface area contributed by atoms with Gasteiger partial charge in [0, 0.05) is 21.5 Å². The van der Waals surface area contributed by atoms with E-state index in [9.17, 15) is 24.0 Å². The average molecular weight is 703 g/mol. The minimum Gasteiger partial charge on any atom is -0.462 e. The molecule has 45 heavy (non-hydrogen) atoms. The van der Waals surface area contributed by atoms with Gasteiger partial charge in [-0.25, -0.2) is 9.69 Å². The van der Waals surface area contributed by atoms with E-state index in [-0.39, 0.29) is 23.7 Å². The largest absolute Gasteiger partial charge is 0.462 e. The SMILES string of the molecule is CCOC(=O)c1ccc(N2C(=O)[C@H]3[C@H](c4ccc(Cl)cc4)c4sc(=O)n(CC(=O)Nc5ccc(Cl)c(Cl)c5)c4S[C@H]3C2=O)cc1. The van der Waals surface area contributed by atoms with Crippen molar-refractivity contribution < 1.29 is 23.9 Å². The molecule has 0 saturated carbocycles. The van der Waals surface area contributed by atoms with E-state index in [0.29, 0.717) is 36.9 Å². The van der Waals surface area contributed by atoms with E-state index in [1.165, 1.54) is 34.9 Å². The van der Waals surface area contributed by atoms with E-state index in [0.717, 1.165) is 28.0 Å². The summed E-state index contributed by atoms with van der Waals surface area (Å²) >= 11 is 20.3. The summed E-state index contributed by atoms with van der Waals surface area (Å²) in [6, 6.07) is 17.6. The Bertz CT molecular complexity index is 1910. The number of carbonyl (C=O) groups excluding carboxylic acids is 4. The van der Waals surface area contributed by atoms with Crippen molar-refractivity contribution in [3.63, 3.8) is 0 Å². The van der Waals surface area contributed by atoms with Crippen LogP contribution in [-0.4, -0.2) is 40.1 Å². The Hall–Kier alpha value is -3.61. The van der Waals surface area contributed by atoms with Gasteiger partial charge < -0.3 is 10.1 Å². The van der Waals surface area contributed by atoms with Gasteiger partial charge in [-0.1, -0.05) is 70.0 Å². The molecule has 0 bridgehead atoms. The van der Waals surface area contributed by atoms with Gasteiger partial charge in [-0.15, -0.1) is 0 Å². The predicted octanol–water partition coefficient (Wildman–Crippen LogP) is 6.48. The topological polar surface area (TPSA) is 115 Å². The highest BCUT2D eigenvalue weighted by Gasteiger charge is 2.56. The summed E-state index contributed by atoms with van der Waals surface area (Å²) < 4.78 is 6.36. The molecule has 0 spiro atoms. The molecule has 3 aromatic carbocycles. The number of thiazole rings is 1. The second-order valence-electron chi connectivity index (χ2n) is 10.2. The van der Waals surface area contributed by atoms with Crippen LogP contribution in [0.15, 0.2) is 76.6 Å². The molecule has 1 saturated heterocycles. The molecule has 3 amide bonds. The van der Waals surface area contributed by atoms with Crippen LogP contribution in [0.2, 0.25) is 15.1 Å². The van der Waals surface area contributed by atoms with E-state index in [1.54, 1.807) is 43.3 Å². The molecular formula is C31H22Cl3N3O6S2. The van der Waals surface area contributed by atoms with Crippen molar-refractivity contribution in [2.24, 2.45) is 5.92 Å². The average Bonchev–Trinajstić information content (AvgIpc) is 3.46. The second kappa shape index (κ2) is 12.6. The number of ether oxygens (including phenoxy) is 1. The molecule has 0 radical (unpaired) electrons. The van der Waals surface area contributed by atoms with Crippen molar-refractivity contribution in [1.29, 1.82) is 0 Å². The molecule has 1 N–H and O–H groups in total. The van der Waals surface area contributed by atoms with Crippen LogP contribution in [0, 0.1) is 5.92 Å². The highest BCUT2D eigenvalue weighted by atomic mass is 35.5. The lowest BCUT2D eigenvalue weighted by Gasteiger charge is -2.30. The van der Waals surface area contributed by atoms with Gasteiger partial charge in [-0.05, 0) is 67.1 Å². The number of fused-ring (bicyclic) bond motifs is 2. The Morgan fingerprint density at radius 2 is 1.62 bits per heavy atom. The number of hydrogen-bond acceptors (Lipinski definition) is 8. The zero-order valence-corrected chi connectivity index (χ0v) is 27.2. The fourth-order valence-electron chi connectivity index (χ4n) is 5.42. The highest BCUT2D eigenvalue weighted by molar-refractivity contribution is 8.00. The van der Waals surface area contributed by atoms with E-state index < -0.39 is 45.6 Å². The van der Waals surface area contributed by atoms with Crippen LogP contribution in [0.5, 0.6) is 0 Å². The maximum Gasteiger partial charge on any atom is 0.338 e. The Balaban J connectivity index is 1.36. The molecule has 4 aromatic rings. The van der Waals surface area contributed by atoms with Gasteiger partial charge in [-0.3, -0.25) is 23.7 Å². The fraction of sp³-hybridized carbons (Fsp3) is 0.194. The lowest BCUT2D eigenvalue weighted by molar-refractivity contribution is -0.122. The van der Waals surface area contributed by atoms with Crippen LogP contribution in [0.25, 0.3) is 0 Å². The predicted molar refractivity (Wildman–Crippen MR) is 175 cm³/mol. The van der Waals surface area contributed by atoms with Crippen LogP contribution < -0.4 is 15.1 Å². The summed E-state index contributed by atoms with van der Waals surface area (Å²) in [6.45, 7) is 1.58. The first-order chi connectivity index (χ1) is 21.6. The zero-order valence-electron chi connectivity index (χ0n) is 23.3. The number of anilines is 2. The molecule has 14 heteroatoms. The van der Waals surface area contributed by atoms with Crippen LogP contribution >= 0.6 is 57.9 Å². The lowest BCUT2D eigenvalue weighted by Crippen LogP contribution is -2.33. The van der Waals surface area contributed by atoms with Gasteiger partial charge in [0.25, 0.3) is 0 Å². The summed E-state index contributed by atoms with van der Waals surface area (Å²) in [4.78, 5) is 67.9. The number of esters is 1. The quantitative estimate of drug-likeness (QED) is 0.173. The summed E-state index contributed by atoms with van der Waals surface area (Å²) in [5.74, 6) is -3.39. The van der Waals surface area contributed by atoms with Gasteiger partial charge in [0.1, 0.15) is 11.8 Å². The lowest BCUT2D eigenvalue weighted by atomic mass is 9.83. The van der Waals surface area contributed by atoms with Gasteiger partial charge in [0.2, 0.25) is 17.7 Å². The number of imide groups is 1. The van der Waals surface area contributed by atoms with E-state index in [2.05, 4.69) is 5.32 Å².